The third kappa shape index (κ3) is 7.82. The molecule has 0 bridgehead atoms. The van der Waals surface area contributed by atoms with Crippen LogP contribution in [0.1, 0.15) is 44.6 Å². The Hall–Kier alpha value is -4.25. The second-order valence-corrected chi connectivity index (χ2v) is 12.6. The van der Waals surface area contributed by atoms with E-state index < -0.39 is 28.5 Å². The van der Waals surface area contributed by atoms with Crippen LogP contribution in [0.4, 0.5) is 5.69 Å². The molecule has 3 aromatic carbocycles. The third-order valence-corrected chi connectivity index (χ3v) is 9.66. The second kappa shape index (κ2) is 15.0. The first-order chi connectivity index (χ1) is 21.2. The van der Waals surface area contributed by atoms with Gasteiger partial charge in [0.2, 0.25) is 11.8 Å². The maximum atomic E-state index is 14.2. The van der Waals surface area contributed by atoms with Gasteiger partial charge < -0.3 is 24.4 Å². The maximum absolute atomic E-state index is 14.2. The van der Waals surface area contributed by atoms with E-state index in [0.29, 0.717) is 11.5 Å². The van der Waals surface area contributed by atoms with Gasteiger partial charge in [0.25, 0.3) is 10.0 Å². The molecule has 11 heteroatoms. The zero-order valence-electron chi connectivity index (χ0n) is 25.7. The van der Waals surface area contributed by atoms with Gasteiger partial charge in [-0.2, -0.15) is 0 Å². The fraction of sp³-hybridized carbons (Fsp3) is 0.394. The van der Waals surface area contributed by atoms with Crippen LogP contribution >= 0.6 is 0 Å². The average molecular weight is 624 g/mol. The third-order valence-electron chi connectivity index (χ3n) is 7.89. The molecule has 1 fully saturated rings. The van der Waals surface area contributed by atoms with Gasteiger partial charge in [-0.25, -0.2) is 8.42 Å². The normalized spacial score (nSPS) is 14.3. The predicted octanol–water partition coefficient (Wildman–Crippen LogP) is 4.77. The first-order valence-corrected chi connectivity index (χ1v) is 16.1. The van der Waals surface area contributed by atoms with E-state index in [1.807, 2.05) is 6.07 Å². The summed E-state index contributed by atoms with van der Waals surface area (Å²) < 4.78 is 45.4. The minimum atomic E-state index is -4.26. The number of benzene rings is 3. The summed E-state index contributed by atoms with van der Waals surface area (Å²) in [5, 5.41) is 3.11. The van der Waals surface area contributed by atoms with E-state index in [4.69, 9.17) is 14.2 Å². The summed E-state index contributed by atoms with van der Waals surface area (Å²) in [7, 11) is 0.218. The van der Waals surface area contributed by atoms with Gasteiger partial charge in [-0.15, -0.1) is 0 Å². The smallest absolute Gasteiger partial charge is 0.264 e. The van der Waals surface area contributed by atoms with Crippen molar-refractivity contribution in [1.82, 2.24) is 10.2 Å². The molecule has 1 N–H and O–H groups in total. The van der Waals surface area contributed by atoms with Crippen LogP contribution in [0.3, 0.4) is 0 Å². The molecule has 0 heterocycles. The molecule has 1 atom stereocenters. The summed E-state index contributed by atoms with van der Waals surface area (Å²) in [6.07, 6.45) is 5.02. The number of methoxy groups -OCH3 is 3. The Morgan fingerprint density at radius 2 is 1.55 bits per heavy atom. The number of nitrogens with zero attached hydrogens (tertiary/aromatic N) is 2. The fourth-order valence-electron chi connectivity index (χ4n) is 5.34. The number of amides is 2. The van der Waals surface area contributed by atoms with Gasteiger partial charge in [0.05, 0.1) is 31.9 Å². The number of para-hydroxylation sites is 2. The number of carbonyl (C=O) groups is 2. The largest absolute Gasteiger partial charge is 0.497 e. The van der Waals surface area contributed by atoms with Crippen molar-refractivity contribution in [3.63, 3.8) is 0 Å². The number of carbonyl (C=O) groups excluding carboxylic acids is 2. The summed E-state index contributed by atoms with van der Waals surface area (Å²) >= 11 is 0. The fourth-order valence-corrected chi connectivity index (χ4v) is 6.77. The Bertz CT molecular complexity index is 1520. The molecule has 44 heavy (non-hydrogen) atoms. The molecule has 0 radical (unpaired) electrons. The summed E-state index contributed by atoms with van der Waals surface area (Å²) in [5.41, 5.74) is 0.927. The van der Waals surface area contributed by atoms with Crippen LogP contribution in [0.5, 0.6) is 17.2 Å². The molecule has 1 saturated carbocycles. The van der Waals surface area contributed by atoms with Crippen LogP contribution < -0.4 is 23.8 Å². The molecule has 236 valence electrons. The highest BCUT2D eigenvalue weighted by atomic mass is 32.2. The van der Waals surface area contributed by atoms with E-state index in [0.717, 1.165) is 42.0 Å². The average Bonchev–Trinajstić information content (AvgIpc) is 3.06. The minimum Gasteiger partial charge on any atom is -0.497 e. The Balaban J connectivity index is 1.71. The zero-order chi connectivity index (χ0) is 31.7. The molecule has 1 aliphatic carbocycles. The van der Waals surface area contributed by atoms with Crippen molar-refractivity contribution in [3.05, 3.63) is 78.4 Å². The molecule has 1 aliphatic rings. The lowest BCUT2D eigenvalue weighted by Gasteiger charge is -2.33. The van der Waals surface area contributed by atoms with Crippen molar-refractivity contribution in [2.45, 2.75) is 62.6 Å². The molecule has 2 amide bonds. The molecule has 10 nitrogen and oxygen atoms in total. The maximum Gasteiger partial charge on any atom is 0.264 e. The number of anilines is 1. The lowest BCUT2D eigenvalue weighted by molar-refractivity contribution is -0.139. The quantitative estimate of drug-likeness (QED) is 0.292. The first-order valence-electron chi connectivity index (χ1n) is 14.7. The molecule has 0 unspecified atom stereocenters. The van der Waals surface area contributed by atoms with Crippen LogP contribution in [0, 0.1) is 0 Å². The Labute approximate surface area is 260 Å². The highest BCUT2D eigenvalue weighted by Crippen LogP contribution is 2.33. The van der Waals surface area contributed by atoms with Crippen molar-refractivity contribution < 1.29 is 32.2 Å². The monoisotopic (exact) mass is 623 g/mol. The number of sulfonamides is 1. The topological polar surface area (TPSA) is 114 Å². The van der Waals surface area contributed by atoms with Crippen molar-refractivity contribution >= 4 is 27.5 Å². The zero-order valence-corrected chi connectivity index (χ0v) is 26.5. The van der Waals surface area contributed by atoms with Crippen molar-refractivity contribution in [2.24, 2.45) is 0 Å². The van der Waals surface area contributed by atoms with Gasteiger partial charge in [0.1, 0.15) is 29.8 Å². The molecule has 0 aliphatic heterocycles. The minimum absolute atomic E-state index is 0.0283. The molecule has 0 aromatic heterocycles. The van der Waals surface area contributed by atoms with Crippen LogP contribution in [0.25, 0.3) is 0 Å². The molecule has 4 rings (SSSR count). The highest BCUT2D eigenvalue weighted by molar-refractivity contribution is 7.92. The van der Waals surface area contributed by atoms with Crippen molar-refractivity contribution in [3.8, 4) is 17.2 Å². The highest BCUT2D eigenvalue weighted by Gasteiger charge is 2.34. The van der Waals surface area contributed by atoms with Crippen molar-refractivity contribution in [2.75, 3.05) is 32.2 Å². The van der Waals surface area contributed by atoms with Gasteiger partial charge in [0, 0.05) is 12.6 Å². The summed E-state index contributed by atoms with van der Waals surface area (Å²) in [6, 6.07) is 18.9. The van der Waals surface area contributed by atoms with Crippen LogP contribution in [-0.2, 0) is 26.2 Å². The van der Waals surface area contributed by atoms with E-state index in [9.17, 15) is 18.0 Å². The second-order valence-electron chi connectivity index (χ2n) is 10.8. The molecular weight excluding hydrogens is 582 g/mol. The number of nitrogens with one attached hydrogen (secondary N) is 1. The lowest BCUT2D eigenvalue weighted by atomic mass is 9.95. The van der Waals surface area contributed by atoms with E-state index >= 15 is 0 Å². The van der Waals surface area contributed by atoms with Gasteiger partial charge in [0.15, 0.2) is 0 Å². The number of hydrogen-bond acceptors (Lipinski definition) is 7. The van der Waals surface area contributed by atoms with Crippen molar-refractivity contribution in [1.29, 1.82) is 0 Å². The molecule has 3 aromatic rings. The van der Waals surface area contributed by atoms with E-state index in [2.05, 4.69) is 5.32 Å². The Morgan fingerprint density at radius 1 is 0.864 bits per heavy atom. The Morgan fingerprint density at radius 3 is 2.20 bits per heavy atom. The van der Waals surface area contributed by atoms with E-state index in [-0.39, 0.29) is 34.8 Å². The number of ether oxygens (including phenoxy) is 3. The van der Waals surface area contributed by atoms with Crippen LogP contribution in [-0.4, -0.2) is 65.1 Å². The summed E-state index contributed by atoms with van der Waals surface area (Å²) in [5.74, 6) is 0.537. The lowest BCUT2D eigenvalue weighted by Crippen LogP contribution is -2.53. The predicted molar refractivity (Wildman–Crippen MR) is 169 cm³/mol. The standard InChI is InChI=1S/C33H41N3O7S/c1-24(33(38)34-26-12-6-5-7-13-26)35(22-25-11-10-14-28(21-25)42-3)32(37)23-36(30-15-8-9-16-31(30)43-4)44(39,40)29-19-17-27(41-2)18-20-29/h8-11,14-21,24,26H,5-7,12-13,22-23H2,1-4H3,(H,34,38)/t24-/m1/s1. The van der Waals surface area contributed by atoms with E-state index in [1.54, 1.807) is 68.6 Å². The molecule has 0 spiro atoms. The molecule has 0 saturated heterocycles. The Kier molecular flexibility index (Phi) is 11.1. The van der Waals surface area contributed by atoms with Gasteiger partial charge in [-0.05, 0) is 73.9 Å². The summed E-state index contributed by atoms with van der Waals surface area (Å²) in [6.45, 7) is 1.17. The van der Waals surface area contributed by atoms with Gasteiger partial charge in [-0.1, -0.05) is 43.5 Å². The number of hydrogen-bond donors (Lipinski definition) is 1. The molecular formula is C33H41N3O7S. The van der Waals surface area contributed by atoms with E-state index in [1.165, 1.54) is 31.3 Å². The number of rotatable bonds is 13. The SMILES string of the molecule is COc1ccc(S(=O)(=O)N(CC(=O)N(Cc2cccc(OC)c2)[C@H](C)C(=O)NC2CCCCC2)c2ccccc2OC)cc1. The van der Waals surface area contributed by atoms with Crippen LogP contribution in [0.2, 0.25) is 0 Å². The van der Waals surface area contributed by atoms with Gasteiger partial charge >= 0.3 is 0 Å². The first kappa shape index (κ1) is 32.7. The summed E-state index contributed by atoms with van der Waals surface area (Å²) in [4.78, 5) is 29.1. The van der Waals surface area contributed by atoms with Gasteiger partial charge in [-0.3, -0.25) is 13.9 Å². The van der Waals surface area contributed by atoms with Crippen LogP contribution in [0.15, 0.2) is 77.7 Å².